The second-order valence-corrected chi connectivity index (χ2v) is 6.59. The number of benzene rings is 2. The summed E-state index contributed by atoms with van der Waals surface area (Å²) in [7, 11) is 0. The van der Waals surface area contributed by atoms with Crippen molar-refractivity contribution in [1.29, 1.82) is 0 Å². The molecule has 0 saturated carbocycles. The summed E-state index contributed by atoms with van der Waals surface area (Å²) in [6.45, 7) is 0. The van der Waals surface area contributed by atoms with Gasteiger partial charge in [-0.05, 0) is 58.5 Å². The fourth-order valence-corrected chi connectivity index (χ4v) is 3.11. The third-order valence-corrected chi connectivity index (χ3v) is 4.47. The van der Waals surface area contributed by atoms with Gasteiger partial charge in [-0.3, -0.25) is 5.10 Å². The van der Waals surface area contributed by atoms with Gasteiger partial charge in [-0.1, -0.05) is 28.1 Å². The topological polar surface area (TPSA) is 54.7 Å². The number of hydrogen-bond acceptors (Lipinski definition) is 2. The molecule has 0 amide bonds. The Morgan fingerprint density at radius 3 is 2.76 bits per heavy atom. The molecule has 0 aliphatic heterocycles. The molecule has 3 nitrogen and oxygen atoms in total. The molecule has 106 valence electrons. The lowest BCUT2D eigenvalue weighted by Gasteiger charge is -2.07. The first-order chi connectivity index (χ1) is 10.1. The van der Waals surface area contributed by atoms with Crippen LogP contribution in [0.5, 0.6) is 0 Å². The molecule has 0 unspecified atom stereocenters. The number of anilines is 1. The Kier molecular flexibility index (Phi) is 3.99. The number of aromatic amines is 1. The minimum absolute atomic E-state index is 0.305. The average molecular weight is 458 g/mol. The summed E-state index contributed by atoms with van der Waals surface area (Å²) < 4.78 is 15.5. The van der Waals surface area contributed by atoms with Gasteiger partial charge in [0.05, 0.1) is 11.3 Å². The molecule has 3 N–H and O–H groups in total. The van der Waals surface area contributed by atoms with Crippen LogP contribution in [0, 0.1) is 9.39 Å². The quantitative estimate of drug-likeness (QED) is 0.541. The van der Waals surface area contributed by atoms with Crippen molar-refractivity contribution in [2.45, 2.75) is 0 Å². The summed E-state index contributed by atoms with van der Waals surface area (Å²) in [4.78, 5) is 0. The largest absolute Gasteiger partial charge is 0.382 e. The number of hydrogen-bond donors (Lipinski definition) is 2. The molecule has 0 saturated heterocycles. The van der Waals surface area contributed by atoms with E-state index >= 15 is 0 Å². The third kappa shape index (κ3) is 2.82. The van der Waals surface area contributed by atoms with Crippen molar-refractivity contribution < 1.29 is 4.39 Å². The fraction of sp³-hybridized carbons (Fsp3) is 0. The third-order valence-electron chi connectivity index (χ3n) is 3.11. The molecule has 0 radical (unpaired) electrons. The number of nitrogens with one attached hydrogen (secondary N) is 1. The number of nitrogens with two attached hydrogens (primary N) is 1. The van der Waals surface area contributed by atoms with Gasteiger partial charge in [0.25, 0.3) is 0 Å². The monoisotopic (exact) mass is 457 g/mol. The number of H-pyrrole nitrogens is 1. The minimum Gasteiger partial charge on any atom is -0.382 e. The van der Waals surface area contributed by atoms with Crippen LogP contribution in [0.3, 0.4) is 0 Å². The summed E-state index contributed by atoms with van der Waals surface area (Å²) >= 11 is 5.77. The van der Waals surface area contributed by atoms with Crippen LogP contribution in [-0.2, 0) is 0 Å². The van der Waals surface area contributed by atoms with E-state index < -0.39 is 0 Å². The Morgan fingerprint density at radius 1 is 1.19 bits per heavy atom. The molecular formula is C15H10BrFIN3. The molecule has 0 atom stereocenters. The van der Waals surface area contributed by atoms with Gasteiger partial charge in [0, 0.05) is 13.6 Å². The molecule has 2 aromatic carbocycles. The molecule has 6 heteroatoms. The highest BCUT2D eigenvalue weighted by Gasteiger charge is 2.17. The molecular weight excluding hydrogens is 448 g/mol. The Hall–Kier alpha value is -1.41. The van der Waals surface area contributed by atoms with E-state index in [1.807, 2.05) is 24.3 Å². The SMILES string of the molecule is Nc1n[nH]c(-c2cc(I)ccc2Br)c1-c1cccc(F)c1. The maximum atomic E-state index is 13.5. The molecule has 1 aromatic heterocycles. The summed E-state index contributed by atoms with van der Waals surface area (Å²) in [5.74, 6) is 0.0436. The zero-order chi connectivity index (χ0) is 15.0. The van der Waals surface area contributed by atoms with Gasteiger partial charge in [-0.15, -0.1) is 0 Å². The molecule has 21 heavy (non-hydrogen) atoms. The zero-order valence-corrected chi connectivity index (χ0v) is 14.4. The van der Waals surface area contributed by atoms with Gasteiger partial charge in [0.2, 0.25) is 0 Å². The van der Waals surface area contributed by atoms with Crippen LogP contribution in [-0.4, -0.2) is 10.2 Å². The van der Waals surface area contributed by atoms with Crippen LogP contribution < -0.4 is 5.73 Å². The highest BCUT2D eigenvalue weighted by atomic mass is 127. The van der Waals surface area contributed by atoms with Crippen LogP contribution in [0.15, 0.2) is 46.9 Å². The molecule has 0 bridgehead atoms. The van der Waals surface area contributed by atoms with Crippen molar-refractivity contribution in [3.63, 3.8) is 0 Å². The van der Waals surface area contributed by atoms with E-state index in [4.69, 9.17) is 5.73 Å². The first-order valence-electron chi connectivity index (χ1n) is 6.11. The first-order valence-corrected chi connectivity index (χ1v) is 7.98. The number of nitrogen functional groups attached to an aromatic ring is 1. The normalized spacial score (nSPS) is 10.8. The van der Waals surface area contributed by atoms with Crippen LogP contribution in [0.4, 0.5) is 10.2 Å². The van der Waals surface area contributed by atoms with E-state index in [1.165, 1.54) is 12.1 Å². The lowest BCUT2D eigenvalue weighted by Crippen LogP contribution is -1.90. The number of nitrogens with zero attached hydrogens (tertiary/aromatic N) is 1. The van der Waals surface area contributed by atoms with E-state index in [0.717, 1.165) is 19.3 Å². The van der Waals surface area contributed by atoms with Crippen LogP contribution in [0.2, 0.25) is 0 Å². The van der Waals surface area contributed by atoms with Gasteiger partial charge in [0.15, 0.2) is 5.82 Å². The molecule has 0 aliphatic carbocycles. The Labute approximate surface area is 143 Å². The van der Waals surface area contributed by atoms with Gasteiger partial charge in [0.1, 0.15) is 5.82 Å². The fourth-order valence-electron chi connectivity index (χ4n) is 2.18. The molecule has 1 heterocycles. The van der Waals surface area contributed by atoms with Crippen molar-refractivity contribution in [1.82, 2.24) is 10.2 Å². The lowest BCUT2D eigenvalue weighted by atomic mass is 10.0. The number of aromatic nitrogens is 2. The first kappa shape index (κ1) is 14.5. The van der Waals surface area contributed by atoms with Gasteiger partial charge in [-0.25, -0.2) is 4.39 Å². The lowest BCUT2D eigenvalue weighted by molar-refractivity contribution is 0.628. The molecule has 0 fully saturated rings. The second kappa shape index (κ2) is 5.76. The molecule has 0 aliphatic rings. The summed E-state index contributed by atoms with van der Waals surface area (Å²) in [6.07, 6.45) is 0. The van der Waals surface area contributed by atoms with Crippen LogP contribution in [0.1, 0.15) is 0 Å². The van der Waals surface area contributed by atoms with E-state index in [1.54, 1.807) is 6.07 Å². The van der Waals surface area contributed by atoms with Crippen molar-refractivity contribution in [2.24, 2.45) is 0 Å². The standard InChI is InChI=1S/C15H10BrFIN3/c16-12-5-4-10(18)7-11(12)14-13(15(19)21-20-14)8-2-1-3-9(17)6-8/h1-7H,(H3,19,20,21). The molecule has 0 spiro atoms. The summed E-state index contributed by atoms with van der Waals surface area (Å²) in [5, 5.41) is 7.02. The molecule has 3 aromatic rings. The Bertz CT molecular complexity index is 816. The van der Waals surface area contributed by atoms with Crippen molar-refractivity contribution in [2.75, 3.05) is 5.73 Å². The van der Waals surface area contributed by atoms with E-state index in [-0.39, 0.29) is 5.82 Å². The average Bonchev–Trinajstić information content (AvgIpc) is 2.83. The van der Waals surface area contributed by atoms with Gasteiger partial charge < -0.3 is 5.73 Å². The Morgan fingerprint density at radius 2 is 2.00 bits per heavy atom. The highest BCUT2D eigenvalue weighted by Crippen LogP contribution is 2.38. The van der Waals surface area contributed by atoms with Crippen molar-refractivity contribution in [3.8, 4) is 22.4 Å². The van der Waals surface area contributed by atoms with E-state index in [0.29, 0.717) is 16.9 Å². The van der Waals surface area contributed by atoms with Gasteiger partial charge >= 0.3 is 0 Å². The van der Waals surface area contributed by atoms with Crippen molar-refractivity contribution in [3.05, 3.63) is 56.3 Å². The van der Waals surface area contributed by atoms with Crippen LogP contribution in [0.25, 0.3) is 22.4 Å². The predicted octanol–water partition coefficient (Wildman–Crippen LogP) is 4.83. The second-order valence-electron chi connectivity index (χ2n) is 4.49. The maximum Gasteiger partial charge on any atom is 0.153 e. The minimum atomic E-state index is -0.305. The summed E-state index contributed by atoms with van der Waals surface area (Å²) in [5.41, 5.74) is 9.07. The van der Waals surface area contributed by atoms with E-state index in [9.17, 15) is 4.39 Å². The smallest absolute Gasteiger partial charge is 0.153 e. The van der Waals surface area contributed by atoms with Crippen molar-refractivity contribution >= 4 is 44.3 Å². The highest BCUT2D eigenvalue weighted by molar-refractivity contribution is 14.1. The molecule has 3 rings (SSSR count). The number of halogens is 3. The zero-order valence-electron chi connectivity index (χ0n) is 10.7. The van der Waals surface area contributed by atoms with Crippen LogP contribution >= 0.6 is 38.5 Å². The summed E-state index contributed by atoms with van der Waals surface area (Å²) in [6, 6.07) is 12.3. The predicted molar refractivity (Wildman–Crippen MR) is 94.2 cm³/mol. The maximum absolute atomic E-state index is 13.5. The Balaban J connectivity index is 2.24. The van der Waals surface area contributed by atoms with E-state index in [2.05, 4.69) is 48.7 Å². The number of rotatable bonds is 2. The van der Waals surface area contributed by atoms with Gasteiger partial charge in [-0.2, -0.15) is 5.10 Å².